The molecule has 2 aromatic carbocycles. The van der Waals surface area contributed by atoms with E-state index in [0.29, 0.717) is 11.0 Å². The molecule has 0 spiro atoms. The van der Waals surface area contributed by atoms with Crippen molar-refractivity contribution in [3.05, 3.63) is 70.6 Å². The number of nitrogens with one attached hydrogen (secondary N) is 1. The van der Waals surface area contributed by atoms with Gasteiger partial charge in [0.05, 0.1) is 17.2 Å². The number of para-hydroxylation sites is 3. The SMILES string of the molecule is CCc1ccccc1NC(=O)Cn1c(=O)cnc2ccccc21. The molecule has 0 atom stereocenters. The van der Waals surface area contributed by atoms with E-state index in [0.717, 1.165) is 17.7 Å². The van der Waals surface area contributed by atoms with Crippen LogP contribution < -0.4 is 10.9 Å². The average molecular weight is 307 g/mol. The first-order chi connectivity index (χ1) is 11.2. The molecule has 1 N–H and O–H groups in total. The van der Waals surface area contributed by atoms with Gasteiger partial charge in [0.15, 0.2) is 0 Å². The van der Waals surface area contributed by atoms with Crippen molar-refractivity contribution in [2.75, 3.05) is 5.32 Å². The number of fused-ring (bicyclic) bond motifs is 1. The van der Waals surface area contributed by atoms with Gasteiger partial charge in [-0.2, -0.15) is 0 Å². The lowest BCUT2D eigenvalue weighted by molar-refractivity contribution is -0.116. The Morgan fingerprint density at radius 2 is 1.87 bits per heavy atom. The molecule has 0 unspecified atom stereocenters. The fourth-order valence-electron chi connectivity index (χ4n) is 2.56. The number of aryl methyl sites for hydroxylation is 1. The highest BCUT2D eigenvalue weighted by Gasteiger charge is 2.10. The lowest BCUT2D eigenvalue weighted by Gasteiger charge is -2.12. The number of hydrogen-bond acceptors (Lipinski definition) is 3. The zero-order valence-electron chi connectivity index (χ0n) is 12.8. The number of nitrogens with zero attached hydrogens (tertiary/aromatic N) is 2. The maximum Gasteiger partial charge on any atom is 0.269 e. The van der Waals surface area contributed by atoms with Gasteiger partial charge < -0.3 is 5.32 Å². The number of carbonyl (C=O) groups is 1. The second-order valence-electron chi connectivity index (χ2n) is 5.23. The third-order valence-electron chi connectivity index (χ3n) is 3.73. The number of rotatable bonds is 4. The molecule has 0 fully saturated rings. The second-order valence-corrected chi connectivity index (χ2v) is 5.23. The third kappa shape index (κ3) is 3.13. The molecule has 0 bridgehead atoms. The molecule has 1 heterocycles. The zero-order valence-corrected chi connectivity index (χ0v) is 12.8. The molecule has 23 heavy (non-hydrogen) atoms. The van der Waals surface area contributed by atoms with Crippen molar-refractivity contribution in [2.24, 2.45) is 0 Å². The molecular formula is C18H17N3O2. The van der Waals surface area contributed by atoms with Gasteiger partial charge in [-0.15, -0.1) is 0 Å². The van der Waals surface area contributed by atoms with Gasteiger partial charge in [-0.05, 0) is 30.2 Å². The second kappa shape index (κ2) is 6.44. The van der Waals surface area contributed by atoms with Gasteiger partial charge in [0.25, 0.3) is 5.56 Å². The molecule has 0 aliphatic rings. The maximum atomic E-state index is 12.4. The first-order valence-corrected chi connectivity index (χ1v) is 7.51. The van der Waals surface area contributed by atoms with Crippen molar-refractivity contribution in [3.63, 3.8) is 0 Å². The molecule has 116 valence electrons. The molecule has 5 nitrogen and oxygen atoms in total. The number of aromatic nitrogens is 2. The standard InChI is InChI=1S/C18H17N3O2/c1-2-13-7-3-4-8-14(13)20-17(22)12-21-16-10-6-5-9-15(16)19-11-18(21)23/h3-11H,2,12H2,1H3,(H,20,22). The third-order valence-corrected chi connectivity index (χ3v) is 3.73. The van der Waals surface area contributed by atoms with E-state index in [1.54, 1.807) is 6.07 Å². The summed E-state index contributed by atoms with van der Waals surface area (Å²) in [6.07, 6.45) is 2.07. The molecule has 3 aromatic rings. The van der Waals surface area contributed by atoms with E-state index >= 15 is 0 Å². The van der Waals surface area contributed by atoms with Crippen molar-refractivity contribution in [2.45, 2.75) is 19.9 Å². The number of carbonyl (C=O) groups excluding carboxylic acids is 1. The summed E-state index contributed by atoms with van der Waals surface area (Å²) in [6, 6.07) is 14.9. The summed E-state index contributed by atoms with van der Waals surface area (Å²) in [5.41, 5.74) is 2.90. The van der Waals surface area contributed by atoms with E-state index in [-0.39, 0.29) is 18.0 Å². The van der Waals surface area contributed by atoms with Gasteiger partial charge in [-0.25, -0.2) is 4.98 Å². The Morgan fingerprint density at radius 3 is 2.70 bits per heavy atom. The van der Waals surface area contributed by atoms with E-state index in [4.69, 9.17) is 0 Å². The highest BCUT2D eigenvalue weighted by Crippen LogP contribution is 2.15. The summed E-state index contributed by atoms with van der Waals surface area (Å²) in [6.45, 7) is 1.99. The summed E-state index contributed by atoms with van der Waals surface area (Å²) >= 11 is 0. The normalized spacial score (nSPS) is 10.7. The Balaban J connectivity index is 1.89. The van der Waals surface area contributed by atoms with Crippen molar-refractivity contribution < 1.29 is 4.79 Å². The highest BCUT2D eigenvalue weighted by molar-refractivity contribution is 5.92. The Bertz CT molecular complexity index is 915. The molecule has 0 saturated carbocycles. The van der Waals surface area contributed by atoms with Crippen LogP contribution in [0.15, 0.2) is 59.5 Å². The lowest BCUT2D eigenvalue weighted by Crippen LogP contribution is -2.28. The Labute approximate surface area is 133 Å². The van der Waals surface area contributed by atoms with E-state index in [9.17, 15) is 9.59 Å². The van der Waals surface area contributed by atoms with Crippen LogP contribution in [0.25, 0.3) is 11.0 Å². The summed E-state index contributed by atoms with van der Waals surface area (Å²) in [5, 5.41) is 2.88. The van der Waals surface area contributed by atoms with Crippen molar-refractivity contribution in [1.29, 1.82) is 0 Å². The largest absolute Gasteiger partial charge is 0.324 e. The van der Waals surface area contributed by atoms with Crippen LogP contribution in [0.3, 0.4) is 0 Å². The van der Waals surface area contributed by atoms with E-state index in [2.05, 4.69) is 10.3 Å². The van der Waals surface area contributed by atoms with Crippen LogP contribution in [-0.2, 0) is 17.8 Å². The van der Waals surface area contributed by atoms with E-state index in [1.807, 2.05) is 49.4 Å². The smallest absolute Gasteiger partial charge is 0.269 e. The van der Waals surface area contributed by atoms with Crippen LogP contribution in [-0.4, -0.2) is 15.5 Å². The van der Waals surface area contributed by atoms with Crippen LogP contribution in [0.1, 0.15) is 12.5 Å². The maximum absolute atomic E-state index is 12.4. The Hall–Kier alpha value is -2.95. The molecule has 0 aliphatic heterocycles. The quantitative estimate of drug-likeness (QED) is 0.806. The number of hydrogen-bond donors (Lipinski definition) is 1. The van der Waals surface area contributed by atoms with Gasteiger partial charge in [-0.1, -0.05) is 37.3 Å². The summed E-state index contributed by atoms with van der Waals surface area (Å²) in [7, 11) is 0. The van der Waals surface area contributed by atoms with Gasteiger partial charge in [0.2, 0.25) is 5.91 Å². The van der Waals surface area contributed by atoms with Crippen LogP contribution in [0.2, 0.25) is 0 Å². The fraction of sp³-hybridized carbons (Fsp3) is 0.167. The first kappa shape index (κ1) is 15.0. The lowest BCUT2D eigenvalue weighted by atomic mass is 10.1. The minimum absolute atomic E-state index is 0.0418. The van der Waals surface area contributed by atoms with Crippen molar-refractivity contribution in [3.8, 4) is 0 Å². The zero-order chi connectivity index (χ0) is 16.2. The minimum Gasteiger partial charge on any atom is -0.324 e. The summed E-state index contributed by atoms with van der Waals surface area (Å²) in [4.78, 5) is 28.5. The van der Waals surface area contributed by atoms with Crippen LogP contribution in [0.5, 0.6) is 0 Å². The van der Waals surface area contributed by atoms with Crippen LogP contribution in [0.4, 0.5) is 5.69 Å². The topological polar surface area (TPSA) is 64.0 Å². The summed E-state index contributed by atoms with van der Waals surface area (Å²) < 4.78 is 1.44. The van der Waals surface area contributed by atoms with Gasteiger partial charge in [0, 0.05) is 5.69 Å². The van der Waals surface area contributed by atoms with Gasteiger partial charge >= 0.3 is 0 Å². The molecule has 5 heteroatoms. The number of benzene rings is 2. The fourth-order valence-corrected chi connectivity index (χ4v) is 2.56. The number of anilines is 1. The van der Waals surface area contributed by atoms with Crippen LogP contribution in [0, 0.1) is 0 Å². The molecule has 0 aliphatic carbocycles. The van der Waals surface area contributed by atoms with E-state index < -0.39 is 0 Å². The monoisotopic (exact) mass is 307 g/mol. The molecule has 0 radical (unpaired) electrons. The average Bonchev–Trinajstić information content (AvgIpc) is 2.58. The molecule has 0 saturated heterocycles. The highest BCUT2D eigenvalue weighted by atomic mass is 16.2. The van der Waals surface area contributed by atoms with Gasteiger partial charge in [0.1, 0.15) is 6.54 Å². The number of amides is 1. The first-order valence-electron chi connectivity index (χ1n) is 7.51. The minimum atomic E-state index is -0.289. The molecule has 3 rings (SSSR count). The predicted molar refractivity (Wildman–Crippen MR) is 90.5 cm³/mol. The van der Waals surface area contributed by atoms with E-state index in [1.165, 1.54) is 10.8 Å². The molecular weight excluding hydrogens is 290 g/mol. The predicted octanol–water partition coefficient (Wildman–Crippen LogP) is 2.60. The Kier molecular flexibility index (Phi) is 4.19. The van der Waals surface area contributed by atoms with Gasteiger partial charge in [-0.3, -0.25) is 14.2 Å². The summed E-state index contributed by atoms with van der Waals surface area (Å²) in [5.74, 6) is -0.232. The van der Waals surface area contributed by atoms with Crippen LogP contribution >= 0.6 is 0 Å². The molecule has 1 amide bonds. The van der Waals surface area contributed by atoms with Crippen molar-refractivity contribution >= 4 is 22.6 Å². The van der Waals surface area contributed by atoms with Crippen molar-refractivity contribution in [1.82, 2.24) is 9.55 Å². The molecule has 1 aromatic heterocycles. The Morgan fingerprint density at radius 1 is 1.13 bits per heavy atom.